The maximum atomic E-state index is 10.6. The molecule has 0 aromatic carbocycles. The second kappa shape index (κ2) is 1.32. The smallest absolute Gasteiger partial charge is 0.141 e. The Hall–Kier alpha value is -0.370. The van der Waals surface area contributed by atoms with Crippen molar-refractivity contribution in [1.29, 1.82) is 0 Å². The minimum atomic E-state index is 0.301. The highest BCUT2D eigenvalue weighted by atomic mass is 16.5. The summed E-state index contributed by atoms with van der Waals surface area (Å²) >= 11 is 0. The van der Waals surface area contributed by atoms with Gasteiger partial charge in [-0.2, -0.15) is 0 Å². The third-order valence-corrected chi connectivity index (χ3v) is 2.03. The molecule has 0 spiro atoms. The predicted molar refractivity (Wildman–Crippen MR) is 27.5 cm³/mol. The van der Waals surface area contributed by atoms with Gasteiger partial charge in [-0.15, -0.1) is 0 Å². The van der Waals surface area contributed by atoms with Crippen LogP contribution in [-0.2, 0) is 9.53 Å². The van der Waals surface area contributed by atoms with E-state index in [0.29, 0.717) is 24.2 Å². The summed E-state index contributed by atoms with van der Waals surface area (Å²) < 4.78 is 5.20. The zero-order chi connectivity index (χ0) is 5.56. The van der Waals surface area contributed by atoms with Crippen molar-refractivity contribution in [3.8, 4) is 0 Å². The fraction of sp³-hybridized carbons (Fsp3) is 0.833. The van der Waals surface area contributed by atoms with Crippen LogP contribution < -0.4 is 0 Å². The van der Waals surface area contributed by atoms with Crippen LogP contribution in [0.3, 0.4) is 0 Å². The van der Waals surface area contributed by atoms with Gasteiger partial charge in [0.15, 0.2) is 0 Å². The summed E-state index contributed by atoms with van der Waals surface area (Å²) in [5.41, 5.74) is 0. The maximum Gasteiger partial charge on any atom is 0.141 e. The van der Waals surface area contributed by atoms with E-state index in [1.807, 2.05) is 0 Å². The SMILES string of the molecule is O=C1C[C@H]2OCC[C@@H]12. The van der Waals surface area contributed by atoms with Gasteiger partial charge < -0.3 is 4.74 Å². The molecule has 0 amide bonds. The van der Waals surface area contributed by atoms with Crippen LogP contribution >= 0.6 is 0 Å². The van der Waals surface area contributed by atoms with Crippen molar-refractivity contribution in [2.24, 2.45) is 5.92 Å². The number of hydrogen-bond acceptors (Lipinski definition) is 2. The molecular formula is C6H8O2. The Balaban J connectivity index is 2.11. The highest BCUT2D eigenvalue weighted by Gasteiger charge is 2.43. The molecule has 2 nitrogen and oxygen atoms in total. The van der Waals surface area contributed by atoms with E-state index in [9.17, 15) is 4.79 Å². The van der Waals surface area contributed by atoms with Crippen molar-refractivity contribution in [2.45, 2.75) is 18.9 Å². The molecule has 1 aliphatic carbocycles. The molecule has 0 aromatic rings. The largest absolute Gasteiger partial charge is 0.377 e. The molecule has 8 heavy (non-hydrogen) atoms. The van der Waals surface area contributed by atoms with Gasteiger partial charge in [-0.25, -0.2) is 0 Å². The number of ketones is 1. The van der Waals surface area contributed by atoms with Crippen molar-refractivity contribution < 1.29 is 9.53 Å². The van der Waals surface area contributed by atoms with E-state index in [4.69, 9.17) is 4.74 Å². The molecule has 2 aliphatic rings. The average Bonchev–Trinajstić information content (AvgIpc) is 2.09. The normalized spacial score (nSPS) is 43.8. The van der Waals surface area contributed by atoms with Crippen LogP contribution in [0.25, 0.3) is 0 Å². The molecule has 0 unspecified atom stereocenters. The number of carbonyl (C=O) groups excluding carboxylic acids is 1. The lowest BCUT2D eigenvalue weighted by Crippen LogP contribution is -2.38. The van der Waals surface area contributed by atoms with Crippen molar-refractivity contribution >= 4 is 5.78 Å². The van der Waals surface area contributed by atoms with Gasteiger partial charge in [-0.05, 0) is 6.42 Å². The van der Waals surface area contributed by atoms with Crippen LogP contribution in [0, 0.1) is 5.92 Å². The van der Waals surface area contributed by atoms with Crippen LogP contribution in [-0.4, -0.2) is 18.5 Å². The van der Waals surface area contributed by atoms with Crippen LogP contribution in [0.2, 0.25) is 0 Å². The van der Waals surface area contributed by atoms with Gasteiger partial charge in [0.25, 0.3) is 0 Å². The fourth-order valence-corrected chi connectivity index (χ4v) is 1.41. The summed E-state index contributed by atoms with van der Waals surface area (Å²) in [6.45, 7) is 0.807. The summed E-state index contributed by atoms with van der Waals surface area (Å²) in [4.78, 5) is 10.6. The summed E-state index contributed by atoms with van der Waals surface area (Å²) in [5, 5.41) is 0. The first-order chi connectivity index (χ1) is 3.88. The Morgan fingerprint density at radius 2 is 2.50 bits per heavy atom. The van der Waals surface area contributed by atoms with Gasteiger partial charge in [0.05, 0.1) is 6.10 Å². The topological polar surface area (TPSA) is 26.3 Å². The number of fused-ring (bicyclic) bond motifs is 1. The second-order valence-electron chi connectivity index (χ2n) is 2.47. The zero-order valence-electron chi connectivity index (χ0n) is 4.59. The van der Waals surface area contributed by atoms with Crippen LogP contribution in [0.15, 0.2) is 0 Å². The number of rotatable bonds is 0. The van der Waals surface area contributed by atoms with Gasteiger partial charge in [-0.3, -0.25) is 4.79 Å². The molecular weight excluding hydrogens is 104 g/mol. The van der Waals surface area contributed by atoms with Gasteiger partial charge in [0, 0.05) is 18.9 Å². The van der Waals surface area contributed by atoms with Gasteiger partial charge in [-0.1, -0.05) is 0 Å². The Morgan fingerprint density at radius 1 is 1.62 bits per heavy atom. The molecule has 2 heteroatoms. The first-order valence-corrected chi connectivity index (χ1v) is 3.02. The lowest BCUT2D eigenvalue weighted by molar-refractivity contribution is -0.136. The molecule has 0 aromatic heterocycles. The molecule has 0 bridgehead atoms. The molecule has 1 saturated heterocycles. The Kier molecular flexibility index (Phi) is 0.742. The quantitative estimate of drug-likeness (QED) is 0.452. The minimum Gasteiger partial charge on any atom is -0.377 e. The van der Waals surface area contributed by atoms with Crippen molar-refractivity contribution in [3.63, 3.8) is 0 Å². The summed E-state index contributed by atoms with van der Waals surface area (Å²) in [6.07, 6.45) is 1.98. The predicted octanol–water partition coefficient (Wildman–Crippen LogP) is 0.364. The molecule has 2 rings (SSSR count). The average molecular weight is 112 g/mol. The Bertz CT molecular complexity index is 130. The third kappa shape index (κ3) is 0.388. The van der Waals surface area contributed by atoms with Gasteiger partial charge in [0.2, 0.25) is 0 Å². The van der Waals surface area contributed by atoms with Crippen LogP contribution in [0.1, 0.15) is 12.8 Å². The van der Waals surface area contributed by atoms with Crippen LogP contribution in [0.5, 0.6) is 0 Å². The van der Waals surface area contributed by atoms with E-state index in [2.05, 4.69) is 0 Å². The summed E-state index contributed by atoms with van der Waals surface area (Å²) in [7, 11) is 0. The van der Waals surface area contributed by atoms with Gasteiger partial charge in [0.1, 0.15) is 5.78 Å². The van der Waals surface area contributed by atoms with E-state index in [0.717, 1.165) is 13.0 Å². The van der Waals surface area contributed by atoms with E-state index >= 15 is 0 Å². The first-order valence-electron chi connectivity index (χ1n) is 3.02. The Labute approximate surface area is 47.8 Å². The fourth-order valence-electron chi connectivity index (χ4n) is 1.41. The maximum absolute atomic E-state index is 10.6. The molecule has 0 radical (unpaired) electrons. The summed E-state index contributed by atoms with van der Waals surface area (Å²) in [6, 6.07) is 0. The molecule has 2 atom stereocenters. The highest BCUT2D eigenvalue weighted by molar-refractivity contribution is 5.88. The van der Waals surface area contributed by atoms with Crippen molar-refractivity contribution in [3.05, 3.63) is 0 Å². The number of carbonyl (C=O) groups is 1. The molecule has 2 fully saturated rings. The lowest BCUT2D eigenvalue weighted by atomic mass is 9.80. The van der Waals surface area contributed by atoms with E-state index in [1.165, 1.54) is 0 Å². The highest BCUT2D eigenvalue weighted by Crippen LogP contribution is 2.34. The molecule has 0 N–H and O–H groups in total. The lowest BCUT2D eigenvalue weighted by Gasteiger charge is -2.25. The standard InChI is InChI=1S/C6H8O2/c7-5-3-6-4(5)1-2-8-6/h4,6H,1-3H2/t4-,6+/m0/s1. The van der Waals surface area contributed by atoms with Crippen molar-refractivity contribution in [1.82, 2.24) is 0 Å². The minimum absolute atomic E-state index is 0.301. The zero-order valence-corrected chi connectivity index (χ0v) is 4.59. The second-order valence-corrected chi connectivity index (χ2v) is 2.47. The third-order valence-electron chi connectivity index (χ3n) is 2.03. The summed E-state index contributed by atoms with van der Waals surface area (Å²) in [5.74, 6) is 0.711. The van der Waals surface area contributed by atoms with Gasteiger partial charge >= 0.3 is 0 Å². The molecule has 1 heterocycles. The van der Waals surface area contributed by atoms with E-state index < -0.39 is 0 Å². The number of Topliss-reactive ketones (excluding diaryl/α,β-unsaturated/α-hetero) is 1. The molecule has 44 valence electrons. The van der Waals surface area contributed by atoms with E-state index in [1.54, 1.807) is 0 Å². The van der Waals surface area contributed by atoms with E-state index in [-0.39, 0.29) is 0 Å². The monoisotopic (exact) mass is 112 g/mol. The Morgan fingerprint density at radius 3 is 3.00 bits per heavy atom. The van der Waals surface area contributed by atoms with Crippen molar-refractivity contribution in [2.75, 3.05) is 6.61 Å². The number of ether oxygens (including phenoxy) is 1. The van der Waals surface area contributed by atoms with Crippen LogP contribution in [0.4, 0.5) is 0 Å². The first kappa shape index (κ1) is 4.50. The molecule has 1 aliphatic heterocycles. The number of hydrogen-bond donors (Lipinski definition) is 0. The molecule has 1 saturated carbocycles.